The fraction of sp³-hybridized carbons (Fsp3) is 0.474. The minimum atomic E-state index is 0.0941. The van der Waals surface area contributed by atoms with Crippen LogP contribution in [-0.4, -0.2) is 40.3 Å². The van der Waals surface area contributed by atoms with Crippen molar-refractivity contribution in [2.24, 2.45) is 7.05 Å². The first-order valence-electron chi connectivity index (χ1n) is 8.97. The SMILES string of the molecule is Cn1cc([C@H]2CCCN2CCOc2ccc3c(c2)CCC(=O)N3)cn1. The standard InChI is InChI=1S/C19H24N4O2/c1-22-13-15(12-20-22)18-3-2-8-23(18)9-10-25-16-5-6-17-14(11-16)4-7-19(24)21-17/h5-6,11-13,18H,2-4,7-10H2,1H3,(H,21,24)/t18-/m1/s1. The molecule has 0 radical (unpaired) electrons. The van der Waals surface area contributed by atoms with Crippen LogP contribution in [0.4, 0.5) is 5.69 Å². The van der Waals surface area contributed by atoms with E-state index in [2.05, 4.69) is 27.6 Å². The van der Waals surface area contributed by atoms with E-state index in [0.717, 1.165) is 36.5 Å². The van der Waals surface area contributed by atoms with E-state index in [9.17, 15) is 4.79 Å². The van der Waals surface area contributed by atoms with Crippen LogP contribution in [0.15, 0.2) is 30.6 Å². The average molecular weight is 340 g/mol. The molecule has 1 saturated heterocycles. The maximum absolute atomic E-state index is 11.4. The first kappa shape index (κ1) is 16.1. The van der Waals surface area contributed by atoms with Gasteiger partial charge < -0.3 is 10.1 Å². The Morgan fingerprint density at radius 1 is 1.36 bits per heavy atom. The van der Waals surface area contributed by atoms with Gasteiger partial charge in [-0.2, -0.15) is 5.10 Å². The summed E-state index contributed by atoms with van der Waals surface area (Å²) in [5, 5.41) is 7.20. The molecule has 0 unspecified atom stereocenters. The molecule has 0 bridgehead atoms. The first-order valence-corrected chi connectivity index (χ1v) is 8.97. The number of likely N-dealkylation sites (tertiary alicyclic amines) is 1. The van der Waals surface area contributed by atoms with E-state index in [4.69, 9.17) is 4.74 Å². The highest BCUT2D eigenvalue weighted by Crippen LogP contribution is 2.31. The van der Waals surface area contributed by atoms with Crippen LogP contribution in [0.25, 0.3) is 0 Å². The van der Waals surface area contributed by atoms with Gasteiger partial charge in [-0.05, 0) is 49.6 Å². The van der Waals surface area contributed by atoms with Crippen LogP contribution in [0.3, 0.4) is 0 Å². The summed E-state index contributed by atoms with van der Waals surface area (Å²) in [5.74, 6) is 0.976. The van der Waals surface area contributed by atoms with Crippen LogP contribution in [0, 0.1) is 0 Å². The number of carbonyl (C=O) groups excluding carboxylic acids is 1. The third-order valence-corrected chi connectivity index (χ3v) is 5.09. The number of rotatable bonds is 5. The molecule has 1 aromatic carbocycles. The lowest BCUT2D eigenvalue weighted by Gasteiger charge is -2.24. The zero-order valence-corrected chi connectivity index (χ0v) is 14.6. The molecule has 3 heterocycles. The second-order valence-corrected chi connectivity index (χ2v) is 6.86. The molecule has 132 valence electrons. The number of hydrogen-bond acceptors (Lipinski definition) is 4. The first-order chi connectivity index (χ1) is 12.2. The van der Waals surface area contributed by atoms with Crippen LogP contribution < -0.4 is 10.1 Å². The van der Waals surface area contributed by atoms with Crippen LogP contribution >= 0.6 is 0 Å². The number of nitrogens with zero attached hydrogens (tertiary/aromatic N) is 3. The molecule has 2 aromatic rings. The Morgan fingerprint density at radius 2 is 2.28 bits per heavy atom. The molecule has 1 aromatic heterocycles. The molecule has 0 saturated carbocycles. The average Bonchev–Trinajstić information content (AvgIpc) is 3.23. The summed E-state index contributed by atoms with van der Waals surface area (Å²) in [6.45, 7) is 2.69. The Bertz CT molecular complexity index is 771. The number of anilines is 1. The highest BCUT2D eigenvalue weighted by Gasteiger charge is 2.26. The second-order valence-electron chi connectivity index (χ2n) is 6.86. The monoisotopic (exact) mass is 340 g/mol. The molecule has 1 amide bonds. The second kappa shape index (κ2) is 6.88. The molecule has 6 heteroatoms. The molecule has 0 aliphatic carbocycles. The minimum absolute atomic E-state index is 0.0941. The van der Waals surface area contributed by atoms with Crippen LogP contribution in [0.5, 0.6) is 5.75 Å². The lowest BCUT2D eigenvalue weighted by molar-refractivity contribution is -0.116. The van der Waals surface area contributed by atoms with Crippen molar-refractivity contribution in [2.75, 3.05) is 25.0 Å². The van der Waals surface area contributed by atoms with Crippen molar-refractivity contribution in [3.8, 4) is 5.75 Å². The maximum atomic E-state index is 11.4. The number of aryl methyl sites for hydroxylation is 2. The Morgan fingerprint density at radius 3 is 3.12 bits per heavy atom. The highest BCUT2D eigenvalue weighted by molar-refractivity contribution is 5.93. The van der Waals surface area contributed by atoms with Crippen molar-refractivity contribution in [1.29, 1.82) is 0 Å². The predicted octanol–water partition coefficient (Wildman–Crippen LogP) is 2.52. The van der Waals surface area contributed by atoms with Gasteiger partial charge in [0, 0.05) is 43.5 Å². The molecular formula is C19H24N4O2. The van der Waals surface area contributed by atoms with Crippen molar-refractivity contribution in [3.05, 3.63) is 41.7 Å². The number of benzene rings is 1. The molecule has 2 aliphatic rings. The molecule has 1 N–H and O–H groups in total. The molecule has 2 aliphatic heterocycles. The van der Waals surface area contributed by atoms with Crippen molar-refractivity contribution in [3.63, 3.8) is 0 Å². The number of ether oxygens (including phenoxy) is 1. The Kier molecular flexibility index (Phi) is 4.44. The van der Waals surface area contributed by atoms with Crippen molar-refractivity contribution in [2.45, 2.75) is 31.7 Å². The Balaban J connectivity index is 1.34. The van der Waals surface area contributed by atoms with Crippen LogP contribution in [-0.2, 0) is 18.3 Å². The minimum Gasteiger partial charge on any atom is -0.492 e. The number of carbonyl (C=O) groups is 1. The molecule has 25 heavy (non-hydrogen) atoms. The summed E-state index contributed by atoms with van der Waals surface area (Å²) in [5.41, 5.74) is 3.37. The molecule has 1 atom stereocenters. The van der Waals surface area contributed by atoms with Gasteiger partial charge in [-0.1, -0.05) is 0 Å². The smallest absolute Gasteiger partial charge is 0.224 e. The Labute approximate surface area is 147 Å². The van der Waals surface area contributed by atoms with Crippen molar-refractivity contribution < 1.29 is 9.53 Å². The number of hydrogen-bond donors (Lipinski definition) is 1. The molecule has 0 spiro atoms. The fourth-order valence-corrected chi connectivity index (χ4v) is 3.81. The third kappa shape index (κ3) is 3.54. The largest absolute Gasteiger partial charge is 0.492 e. The van der Waals surface area contributed by atoms with Gasteiger partial charge in [0.2, 0.25) is 5.91 Å². The van der Waals surface area contributed by atoms with Gasteiger partial charge in [-0.3, -0.25) is 14.4 Å². The van der Waals surface area contributed by atoms with Gasteiger partial charge in [0.25, 0.3) is 0 Å². The summed E-state index contributed by atoms with van der Waals surface area (Å²) in [6.07, 6.45) is 7.83. The summed E-state index contributed by atoms with van der Waals surface area (Å²) >= 11 is 0. The van der Waals surface area contributed by atoms with Crippen LogP contribution in [0.2, 0.25) is 0 Å². The fourth-order valence-electron chi connectivity index (χ4n) is 3.81. The number of nitrogens with one attached hydrogen (secondary N) is 1. The molecule has 1 fully saturated rings. The van der Waals surface area contributed by atoms with Gasteiger partial charge in [0.1, 0.15) is 12.4 Å². The molecular weight excluding hydrogens is 316 g/mol. The molecule has 6 nitrogen and oxygen atoms in total. The van der Waals surface area contributed by atoms with E-state index in [-0.39, 0.29) is 5.91 Å². The third-order valence-electron chi connectivity index (χ3n) is 5.09. The zero-order chi connectivity index (χ0) is 17.2. The zero-order valence-electron chi connectivity index (χ0n) is 14.6. The number of aromatic nitrogens is 2. The van der Waals surface area contributed by atoms with Crippen molar-refractivity contribution >= 4 is 11.6 Å². The van der Waals surface area contributed by atoms with Gasteiger partial charge in [-0.25, -0.2) is 0 Å². The quantitative estimate of drug-likeness (QED) is 0.909. The van der Waals surface area contributed by atoms with E-state index >= 15 is 0 Å². The van der Waals surface area contributed by atoms with Gasteiger partial charge in [-0.15, -0.1) is 0 Å². The lowest BCUT2D eigenvalue weighted by atomic mass is 10.0. The summed E-state index contributed by atoms with van der Waals surface area (Å²) < 4.78 is 7.84. The van der Waals surface area contributed by atoms with E-state index in [1.165, 1.54) is 18.4 Å². The number of amides is 1. The maximum Gasteiger partial charge on any atom is 0.224 e. The predicted molar refractivity (Wildman–Crippen MR) is 95.6 cm³/mol. The lowest BCUT2D eigenvalue weighted by Crippen LogP contribution is -2.28. The molecule has 4 rings (SSSR count). The summed E-state index contributed by atoms with van der Waals surface area (Å²) in [4.78, 5) is 13.9. The van der Waals surface area contributed by atoms with Gasteiger partial charge in [0.05, 0.1) is 6.20 Å². The number of fused-ring (bicyclic) bond motifs is 1. The topological polar surface area (TPSA) is 59.4 Å². The summed E-state index contributed by atoms with van der Waals surface area (Å²) in [6, 6.07) is 6.39. The van der Waals surface area contributed by atoms with Gasteiger partial charge >= 0.3 is 0 Å². The van der Waals surface area contributed by atoms with E-state index < -0.39 is 0 Å². The summed E-state index contributed by atoms with van der Waals surface area (Å²) in [7, 11) is 1.96. The highest BCUT2D eigenvalue weighted by atomic mass is 16.5. The van der Waals surface area contributed by atoms with E-state index in [1.54, 1.807) is 0 Å². The van der Waals surface area contributed by atoms with Crippen LogP contribution in [0.1, 0.15) is 36.4 Å². The van der Waals surface area contributed by atoms with Gasteiger partial charge in [0.15, 0.2) is 0 Å². The van der Waals surface area contributed by atoms with Crippen molar-refractivity contribution in [1.82, 2.24) is 14.7 Å². The van der Waals surface area contributed by atoms with E-state index in [0.29, 0.717) is 19.1 Å². The Hall–Kier alpha value is -2.34. The normalized spacial score (nSPS) is 20.4. The van der Waals surface area contributed by atoms with E-state index in [1.807, 2.05) is 30.1 Å².